The normalized spacial score (nSPS) is 11.3. The minimum atomic E-state index is -3.65. The second-order valence-corrected chi connectivity index (χ2v) is 6.87. The largest absolute Gasteiger partial charge is 0.362 e. The van der Waals surface area contributed by atoms with Crippen LogP contribution in [-0.2, 0) is 14.3 Å². The molecule has 1 rings (SSSR count). The highest BCUT2D eigenvalue weighted by atomic mass is 35.5. The molecule has 1 aromatic carbocycles. The van der Waals surface area contributed by atoms with E-state index in [-0.39, 0.29) is 31.3 Å². The topological polar surface area (TPSA) is 133 Å². The molecule has 0 heterocycles. The number of nitro benzene ring substituents is 2. The monoisotopic (exact) mass is 381 g/mol. The maximum absolute atomic E-state index is 11.3. The molecule has 10 nitrogen and oxygen atoms in total. The van der Waals surface area contributed by atoms with Crippen LogP contribution in [0.4, 0.5) is 17.1 Å². The van der Waals surface area contributed by atoms with Gasteiger partial charge in [0.15, 0.2) is 0 Å². The lowest BCUT2D eigenvalue weighted by atomic mass is 10.1. The van der Waals surface area contributed by atoms with Crippen molar-refractivity contribution in [2.24, 2.45) is 0 Å². The van der Waals surface area contributed by atoms with Gasteiger partial charge in [-0.2, -0.15) is 8.42 Å². The Morgan fingerprint density at radius 3 is 2.29 bits per heavy atom. The molecule has 0 aliphatic carbocycles. The van der Waals surface area contributed by atoms with Crippen LogP contribution in [0.5, 0.6) is 0 Å². The fourth-order valence-electron chi connectivity index (χ4n) is 2.13. The lowest BCUT2D eigenvalue weighted by Gasteiger charge is -2.24. The number of non-ortho nitro benzene ring substituents is 1. The molecular formula is C12H16ClN3O7S. The smallest absolute Gasteiger partial charge is 0.299 e. The fourth-order valence-corrected chi connectivity index (χ4v) is 2.72. The van der Waals surface area contributed by atoms with Crippen LogP contribution >= 0.6 is 11.6 Å². The van der Waals surface area contributed by atoms with E-state index >= 15 is 0 Å². The summed E-state index contributed by atoms with van der Waals surface area (Å²) in [6, 6.07) is 2.07. The number of aryl methyl sites for hydroxylation is 1. The van der Waals surface area contributed by atoms with E-state index in [1.807, 2.05) is 0 Å². The summed E-state index contributed by atoms with van der Waals surface area (Å²) in [4.78, 5) is 22.2. The Balaban J connectivity index is 3.26. The van der Waals surface area contributed by atoms with Gasteiger partial charge in [-0.15, -0.1) is 11.6 Å². The van der Waals surface area contributed by atoms with Crippen LogP contribution in [0, 0.1) is 27.2 Å². The Kier molecular flexibility index (Phi) is 6.87. The summed E-state index contributed by atoms with van der Waals surface area (Å²) < 4.78 is 26.7. The highest BCUT2D eigenvalue weighted by Gasteiger charge is 2.26. The molecule has 0 fully saturated rings. The molecule has 0 radical (unpaired) electrons. The third kappa shape index (κ3) is 5.58. The van der Waals surface area contributed by atoms with E-state index in [1.54, 1.807) is 0 Å². The SMILES string of the molecule is Cc1cc([N+](=O)[O-])cc([N+](=O)[O-])c1N(CCCl)CCOS(C)(=O)=O. The second-order valence-electron chi connectivity index (χ2n) is 4.85. The van der Waals surface area contributed by atoms with E-state index in [2.05, 4.69) is 4.18 Å². The molecule has 12 heteroatoms. The predicted octanol–water partition coefficient (Wildman–Crippen LogP) is 1.83. The van der Waals surface area contributed by atoms with Crippen molar-refractivity contribution in [1.82, 2.24) is 0 Å². The Morgan fingerprint density at radius 2 is 1.83 bits per heavy atom. The molecular weight excluding hydrogens is 366 g/mol. The summed E-state index contributed by atoms with van der Waals surface area (Å²) in [5.74, 6) is 0.118. The number of hydrogen-bond donors (Lipinski definition) is 0. The molecule has 0 amide bonds. The molecule has 24 heavy (non-hydrogen) atoms. The Morgan fingerprint density at radius 1 is 1.21 bits per heavy atom. The van der Waals surface area contributed by atoms with E-state index in [1.165, 1.54) is 17.9 Å². The minimum Gasteiger partial charge on any atom is -0.362 e. The van der Waals surface area contributed by atoms with Gasteiger partial charge in [0, 0.05) is 25.0 Å². The number of anilines is 1. The number of hydrogen-bond acceptors (Lipinski definition) is 8. The molecule has 0 unspecified atom stereocenters. The van der Waals surface area contributed by atoms with E-state index in [0.717, 1.165) is 12.3 Å². The van der Waals surface area contributed by atoms with E-state index in [0.29, 0.717) is 5.56 Å². The molecule has 0 aliphatic rings. The zero-order valence-corrected chi connectivity index (χ0v) is 14.5. The Hall–Kier alpha value is -1.98. The van der Waals surface area contributed by atoms with Gasteiger partial charge in [-0.25, -0.2) is 0 Å². The number of nitrogens with zero attached hydrogens (tertiary/aromatic N) is 3. The lowest BCUT2D eigenvalue weighted by molar-refractivity contribution is -0.393. The first-order valence-electron chi connectivity index (χ1n) is 6.65. The Labute approximate surface area is 143 Å². The maximum atomic E-state index is 11.3. The van der Waals surface area contributed by atoms with E-state index in [9.17, 15) is 28.6 Å². The first-order chi connectivity index (χ1) is 11.1. The van der Waals surface area contributed by atoms with Crippen molar-refractivity contribution < 1.29 is 22.4 Å². The van der Waals surface area contributed by atoms with Gasteiger partial charge in [0.25, 0.3) is 21.5 Å². The summed E-state index contributed by atoms with van der Waals surface area (Å²) in [5, 5.41) is 22.2. The van der Waals surface area contributed by atoms with Crippen molar-refractivity contribution in [1.29, 1.82) is 0 Å². The second kappa shape index (κ2) is 8.22. The molecule has 0 spiro atoms. The van der Waals surface area contributed by atoms with Gasteiger partial charge in [-0.1, -0.05) is 0 Å². The summed E-state index contributed by atoms with van der Waals surface area (Å²) >= 11 is 5.70. The number of alkyl halides is 1. The van der Waals surface area contributed by atoms with Crippen LogP contribution in [0.25, 0.3) is 0 Å². The average molecular weight is 382 g/mol. The third-order valence-corrected chi connectivity index (χ3v) is 3.77. The van der Waals surface area contributed by atoms with Crippen LogP contribution in [0.15, 0.2) is 12.1 Å². The number of nitro groups is 2. The molecule has 0 saturated carbocycles. The van der Waals surface area contributed by atoms with Gasteiger partial charge in [0.1, 0.15) is 5.69 Å². The van der Waals surface area contributed by atoms with Gasteiger partial charge < -0.3 is 4.90 Å². The molecule has 134 valence electrons. The first kappa shape index (κ1) is 20.1. The minimum absolute atomic E-state index is 0.0132. The quantitative estimate of drug-likeness (QED) is 0.274. The van der Waals surface area contributed by atoms with Crippen LogP contribution in [0.2, 0.25) is 0 Å². The lowest BCUT2D eigenvalue weighted by Crippen LogP contribution is -2.31. The highest BCUT2D eigenvalue weighted by Crippen LogP contribution is 2.35. The van der Waals surface area contributed by atoms with Crippen molar-refractivity contribution in [3.05, 3.63) is 37.9 Å². The summed E-state index contributed by atoms with van der Waals surface area (Å²) in [6.07, 6.45) is 0.887. The van der Waals surface area contributed by atoms with Crippen molar-refractivity contribution in [3.63, 3.8) is 0 Å². The number of benzene rings is 1. The highest BCUT2D eigenvalue weighted by molar-refractivity contribution is 7.85. The van der Waals surface area contributed by atoms with Gasteiger partial charge in [0.05, 0.1) is 28.8 Å². The van der Waals surface area contributed by atoms with Crippen molar-refractivity contribution in [3.8, 4) is 0 Å². The van der Waals surface area contributed by atoms with Gasteiger partial charge >= 0.3 is 0 Å². The standard InChI is InChI=1S/C12H16ClN3O7S/c1-9-7-10(15(17)18)8-11(16(19)20)12(9)14(4-3-13)5-6-23-24(2,21)22/h7-8H,3-6H2,1-2H3. The van der Waals surface area contributed by atoms with E-state index < -0.39 is 31.3 Å². The number of halogens is 1. The molecule has 0 aromatic heterocycles. The van der Waals surface area contributed by atoms with Gasteiger partial charge in [-0.3, -0.25) is 24.4 Å². The van der Waals surface area contributed by atoms with Gasteiger partial charge in [0.2, 0.25) is 0 Å². The molecule has 0 bridgehead atoms. The molecule has 0 N–H and O–H groups in total. The zero-order valence-electron chi connectivity index (χ0n) is 13.0. The van der Waals surface area contributed by atoms with Crippen LogP contribution < -0.4 is 4.90 Å². The Bertz CT molecular complexity index is 738. The van der Waals surface area contributed by atoms with Crippen LogP contribution in [-0.4, -0.2) is 50.1 Å². The molecule has 1 aromatic rings. The van der Waals surface area contributed by atoms with Crippen LogP contribution in [0.1, 0.15) is 5.56 Å². The molecule has 0 saturated heterocycles. The first-order valence-corrected chi connectivity index (χ1v) is 9.00. The van der Waals surface area contributed by atoms with Gasteiger partial charge in [-0.05, 0) is 12.5 Å². The predicted molar refractivity (Wildman–Crippen MR) is 88.2 cm³/mol. The van der Waals surface area contributed by atoms with Crippen LogP contribution in [0.3, 0.4) is 0 Å². The molecule has 0 atom stereocenters. The molecule has 0 aliphatic heterocycles. The fraction of sp³-hybridized carbons (Fsp3) is 0.500. The number of rotatable bonds is 9. The van der Waals surface area contributed by atoms with Crippen molar-refractivity contribution in [2.75, 3.05) is 36.7 Å². The zero-order chi connectivity index (χ0) is 18.5. The maximum Gasteiger partial charge on any atom is 0.299 e. The summed E-state index contributed by atoms with van der Waals surface area (Å²) in [5.41, 5.74) is -0.406. The average Bonchev–Trinajstić information content (AvgIpc) is 2.44. The summed E-state index contributed by atoms with van der Waals surface area (Å²) in [6.45, 7) is 1.45. The third-order valence-electron chi connectivity index (χ3n) is 3.00. The van der Waals surface area contributed by atoms with Crippen molar-refractivity contribution in [2.45, 2.75) is 6.92 Å². The van der Waals surface area contributed by atoms with E-state index in [4.69, 9.17) is 11.6 Å². The van der Waals surface area contributed by atoms with Crippen molar-refractivity contribution >= 4 is 38.8 Å². The summed E-state index contributed by atoms with van der Waals surface area (Å²) in [7, 11) is -3.65.